The first kappa shape index (κ1) is 18.6. The van der Waals surface area contributed by atoms with Crippen molar-refractivity contribution in [1.29, 1.82) is 0 Å². The van der Waals surface area contributed by atoms with Gasteiger partial charge in [0.2, 0.25) is 0 Å². The summed E-state index contributed by atoms with van der Waals surface area (Å²) in [6, 6.07) is 4.01. The van der Waals surface area contributed by atoms with Crippen molar-refractivity contribution in [2.45, 2.75) is 32.0 Å². The molecule has 1 aliphatic carbocycles. The fraction of sp³-hybridized carbons (Fsp3) is 0.500. The van der Waals surface area contributed by atoms with Gasteiger partial charge >= 0.3 is 17.8 Å². The average Bonchev–Trinajstić information content (AvgIpc) is 3.24. The van der Waals surface area contributed by atoms with Gasteiger partial charge in [-0.2, -0.15) is 13.2 Å². The Kier molecular flexibility index (Phi) is 4.06. The maximum atomic E-state index is 12.9. The number of hydrogen-bond acceptors (Lipinski definition) is 3. The standard InChI is InChI=1S/C18H18F3N3O4/c19-18(20,21)9-24-13-4-3-10(6-12(13)22-16(24)28)14(25)23-7-11-2-1-5-17(11,8-23)15(26)27/h3-4,6,11H,1-2,5,7-9H2,(H,22,28)(H,26,27)/t11-,17+/m0/s1. The summed E-state index contributed by atoms with van der Waals surface area (Å²) >= 11 is 0. The molecule has 0 radical (unpaired) electrons. The number of carbonyl (C=O) groups is 2. The van der Waals surface area contributed by atoms with E-state index < -0.39 is 29.8 Å². The van der Waals surface area contributed by atoms with E-state index in [9.17, 15) is 32.7 Å². The summed E-state index contributed by atoms with van der Waals surface area (Å²) < 4.78 is 38.6. The number of aromatic amines is 1. The summed E-state index contributed by atoms with van der Waals surface area (Å²) in [4.78, 5) is 40.3. The summed E-state index contributed by atoms with van der Waals surface area (Å²) in [5.74, 6) is -1.37. The lowest BCUT2D eigenvalue weighted by molar-refractivity contribution is -0.149. The van der Waals surface area contributed by atoms with Crippen molar-refractivity contribution in [3.05, 3.63) is 34.2 Å². The Hall–Kier alpha value is -2.78. The molecule has 28 heavy (non-hydrogen) atoms. The molecule has 0 bridgehead atoms. The van der Waals surface area contributed by atoms with E-state index in [1.165, 1.54) is 23.1 Å². The van der Waals surface area contributed by atoms with Gasteiger partial charge in [-0.25, -0.2) is 4.79 Å². The molecule has 2 aromatic rings. The largest absolute Gasteiger partial charge is 0.481 e. The fourth-order valence-electron chi connectivity index (χ4n) is 4.61. The molecule has 0 spiro atoms. The molecule has 150 valence electrons. The number of carboxylic acids is 1. The van der Waals surface area contributed by atoms with Crippen LogP contribution in [0.2, 0.25) is 0 Å². The second kappa shape index (κ2) is 6.11. The molecule has 2 fully saturated rings. The first-order valence-electron chi connectivity index (χ1n) is 8.93. The number of hydrogen-bond donors (Lipinski definition) is 2. The number of likely N-dealkylation sites (tertiary alicyclic amines) is 1. The van der Waals surface area contributed by atoms with Gasteiger partial charge in [-0.3, -0.25) is 14.2 Å². The highest BCUT2D eigenvalue weighted by atomic mass is 19.4. The maximum absolute atomic E-state index is 12.9. The average molecular weight is 397 g/mol. The van der Waals surface area contributed by atoms with Crippen LogP contribution in [0.15, 0.2) is 23.0 Å². The van der Waals surface area contributed by atoms with Gasteiger partial charge in [-0.1, -0.05) is 6.42 Å². The number of aliphatic carboxylic acids is 1. The van der Waals surface area contributed by atoms with Crippen LogP contribution in [0.3, 0.4) is 0 Å². The minimum absolute atomic E-state index is 0.0548. The zero-order valence-corrected chi connectivity index (χ0v) is 14.8. The van der Waals surface area contributed by atoms with Crippen LogP contribution < -0.4 is 5.69 Å². The van der Waals surface area contributed by atoms with Gasteiger partial charge in [0.25, 0.3) is 5.91 Å². The lowest BCUT2D eigenvalue weighted by Crippen LogP contribution is -2.37. The molecule has 7 nitrogen and oxygen atoms in total. The molecular formula is C18H18F3N3O4. The van der Waals surface area contributed by atoms with Crippen molar-refractivity contribution < 1.29 is 27.9 Å². The topological polar surface area (TPSA) is 95.4 Å². The van der Waals surface area contributed by atoms with E-state index in [1.54, 1.807) is 0 Å². The van der Waals surface area contributed by atoms with Gasteiger partial charge in [0, 0.05) is 18.7 Å². The third kappa shape index (κ3) is 2.87. The molecule has 0 unspecified atom stereocenters. The predicted molar refractivity (Wildman–Crippen MR) is 91.9 cm³/mol. The van der Waals surface area contributed by atoms with E-state index >= 15 is 0 Å². The van der Waals surface area contributed by atoms with Crippen molar-refractivity contribution in [3.8, 4) is 0 Å². The van der Waals surface area contributed by atoms with Gasteiger partial charge in [-0.05, 0) is 37.0 Å². The molecule has 1 aromatic heterocycles. The number of nitrogens with zero attached hydrogens (tertiary/aromatic N) is 2. The Morgan fingerprint density at radius 2 is 2.07 bits per heavy atom. The maximum Gasteiger partial charge on any atom is 0.406 e. The number of H-pyrrole nitrogens is 1. The number of alkyl halides is 3. The molecule has 4 rings (SSSR count). The van der Waals surface area contributed by atoms with E-state index in [1.807, 2.05) is 0 Å². The molecule has 1 amide bonds. The van der Waals surface area contributed by atoms with E-state index in [4.69, 9.17) is 0 Å². The molecule has 2 aliphatic rings. The number of imidazole rings is 1. The first-order chi connectivity index (χ1) is 13.1. The smallest absolute Gasteiger partial charge is 0.406 e. The van der Waals surface area contributed by atoms with Gasteiger partial charge in [0.05, 0.1) is 16.4 Å². The van der Waals surface area contributed by atoms with Crippen molar-refractivity contribution in [2.24, 2.45) is 11.3 Å². The third-order valence-electron chi connectivity index (χ3n) is 5.94. The monoisotopic (exact) mass is 397 g/mol. The van der Waals surface area contributed by atoms with Gasteiger partial charge in [-0.15, -0.1) is 0 Å². The van der Waals surface area contributed by atoms with Crippen molar-refractivity contribution in [3.63, 3.8) is 0 Å². The summed E-state index contributed by atoms with van der Waals surface area (Å²) in [5.41, 5.74) is -1.43. The van der Waals surface area contributed by atoms with Gasteiger partial charge in [0.15, 0.2) is 0 Å². The number of nitrogens with one attached hydrogen (secondary N) is 1. The Morgan fingerprint density at radius 3 is 2.71 bits per heavy atom. The molecule has 2 atom stereocenters. The summed E-state index contributed by atoms with van der Waals surface area (Å²) in [5, 5.41) is 9.64. The molecule has 10 heteroatoms. The van der Waals surface area contributed by atoms with Crippen LogP contribution in [0.25, 0.3) is 11.0 Å². The number of benzene rings is 1. The van der Waals surface area contributed by atoms with E-state index in [0.29, 0.717) is 17.5 Å². The van der Waals surface area contributed by atoms with E-state index in [-0.39, 0.29) is 35.0 Å². The number of carbonyl (C=O) groups excluding carboxylic acids is 1. The van der Waals surface area contributed by atoms with Crippen LogP contribution in [0, 0.1) is 11.3 Å². The highest BCUT2D eigenvalue weighted by Crippen LogP contribution is 2.49. The molecule has 2 heterocycles. The quantitative estimate of drug-likeness (QED) is 0.830. The zero-order chi connectivity index (χ0) is 20.3. The Bertz CT molecular complexity index is 1030. The number of rotatable bonds is 3. The Balaban J connectivity index is 1.63. The molecule has 1 aliphatic heterocycles. The van der Waals surface area contributed by atoms with Crippen LogP contribution >= 0.6 is 0 Å². The highest BCUT2D eigenvalue weighted by Gasteiger charge is 2.55. The Labute approximate surface area is 156 Å². The number of halogens is 3. The number of aromatic nitrogens is 2. The summed E-state index contributed by atoms with van der Waals surface area (Å²) in [6.45, 7) is -0.960. The number of amides is 1. The van der Waals surface area contributed by atoms with E-state index in [0.717, 1.165) is 12.8 Å². The predicted octanol–water partition coefficient (Wildman–Crippen LogP) is 2.22. The molecule has 2 N–H and O–H groups in total. The molecule has 1 saturated heterocycles. The molecular weight excluding hydrogens is 379 g/mol. The van der Waals surface area contributed by atoms with Crippen molar-refractivity contribution in [2.75, 3.05) is 13.1 Å². The van der Waals surface area contributed by atoms with Crippen LogP contribution in [-0.4, -0.2) is 50.7 Å². The fourth-order valence-corrected chi connectivity index (χ4v) is 4.61. The second-order valence-electron chi connectivity index (χ2n) is 7.60. The number of carboxylic acid groups (broad SMARTS) is 1. The highest BCUT2D eigenvalue weighted by molar-refractivity contribution is 5.98. The first-order valence-corrected chi connectivity index (χ1v) is 8.93. The number of fused-ring (bicyclic) bond motifs is 2. The van der Waals surface area contributed by atoms with Crippen molar-refractivity contribution >= 4 is 22.9 Å². The molecule has 1 saturated carbocycles. The lowest BCUT2D eigenvalue weighted by Gasteiger charge is -2.23. The van der Waals surface area contributed by atoms with Crippen LogP contribution in [-0.2, 0) is 11.3 Å². The van der Waals surface area contributed by atoms with Crippen LogP contribution in [0.4, 0.5) is 13.2 Å². The summed E-state index contributed by atoms with van der Waals surface area (Å²) in [7, 11) is 0. The minimum Gasteiger partial charge on any atom is -0.481 e. The second-order valence-corrected chi connectivity index (χ2v) is 7.60. The lowest BCUT2D eigenvalue weighted by atomic mass is 9.81. The van der Waals surface area contributed by atoms with Gasteiger partial charge in [0.1, 0.15) is 6.54 Å². The summed E-state index contributed by atoms with van der Waals surface area (Å²) in [6.07, 6.45) is -2.45. The van der Waals surface area contributed by atoms with Crippen LogP contribution in [0.1, 0.15) is 29.6 Å². The molecule has 1 aromatic carbocycles. The minimum atomic E-state index is -4.55. The Morgan fingerprint density at radius 1 is 1.32 bits per heavy atom. The normalized spacial score (nSPS) is 24.7. The van der Waals surface area contributed by atoms with Gasteiger partial charge < -0.3 is 15.0 Å². The van der Waals surface area contributed by atoms with Crippen LogP contribution in [0.5, 0.6) is 0 Å². The zero-order valence-electron chi connectivity index (χ0n) is 14.8. The third-order valence-corrected chi connectivity index (χ3v) is 5.94. The SMILES string of the molecule is O=C(c1ccc2c(c1)[nH]c(=O)n2CC(F)(F)F)N1C[C@@H]2CCC[C@@]2(C(=O)O)C1. The van der Waals surface area contributed by atoms with E-state index in [2.05, 4.69) is 4.98 Å². The van der Waals surface area contributed by atoms with Crippen molar-refractivity contribution in [1.82, 2.24) is 14.5 Å².